The third-order valence-electron chi connectivity index (χ3n) is 6.17. The molecule has 0 amide bonds. The van der Waals surface area contributed by atoms with Gasteiger partial charge in [0.15, 0.2) is 11.5 Å². The van der Waals surface area contributed by atoms with Crippen LogP contribution in [0.1, 0.15) is 27.4 Å². The lowest BCUT2D eigenvalue weighted by atomic mass is 10.0. The van der Waals surface area contributed by atoms with E-state index < -0.39 is 17.4 Å². The number of aromatic hydroxyl groups is 2. The number of ether oxygens (including phenoxy) is 1. The normalized spacial score (nSPS) is 11.2. The maximum atomic E-state index is 13.7. The van der Waals surface area contributed by atoms with Gasteiger partial charge in [0, 0.05) is 5.39 Å². The van der Waals surface area contributed by atoms with E-state index in [9.17, 15) is 15.0 Å². The van der Waals surface area contributed by atoms with Crippen molar-refractivity contribution in [1.82, 2.24) is 9.55 Å². The molecule has 0 fully saturated rings. The molecule has 188 valence electrons. The molecular weight excluding hydrogens is 484 g/mol. The SMILES string of the molecule is Cc1coc(-n2c(O)c(O)c(C(=O)c3cc4ccccc4o3)c2-c2ccc(OCc3ccccc3)cc2)n1. The first-order valence-corrected chi connectivity index (χ1v) is 11.9. The molecule has 8 nitrogen and oxygen atoms in total. The number of carbonyl (C=O) groups excluding carboxylic acids is 1. The Morgan fingerprint density at radius 2 is 1.71 bits per heavy atom. The van der Waals surface area contributed by atoms with Crippen molar-refractivity contribution in [2.24, 2.45) is 0 Å². The minimum absolute atomic E-state index is 0.00152. The molecule has 3 heterocycles. The zero-order valence-electron chi connectivity index (χ0n) is 20.3. The van der Waals surface area contributed by atoms with Gasteiger partial charge >= 0.3 is 6.01 Å². The summed E-state index contributed by atoms with van der Waals surface area (Å²) in [6.45, 7) is 2.12. The summed E-state index contributed by atoms with van der Waals surface area (Å²) >= 11 is 0. The Balaban J connectivity index is 1.44. The van der Waals surface area contributed by atoms with Crippen molar-refractivity contribution in [2.45, 2.75) is 13.5 Å². The van der Waals surface area contributed by atoms with Crippen LogP contribution in [0.2, 0.25) is 0 Å². The number of fused-ring (bicyclic) bond motifs is 1. The van der Waals surface area contributed by atoms with Crippen molar-refractivity contribution in [3.63, 3.8) is 0 Å². The second kappa shape index (κ2) is 9.33. The van der Waals surface area contributed by atoms with Gasteiger partial charge in [0.2, 0.25) is 11.7 Å². The van der Waals surface area contributed by atoms with Crippen LogP contribution >= 0.6 is 0 Å². The maximum absolute atomic E-state index is 13.7. The van der Waals surface area contributed by atoms with E-state index in [4.69, 9.17) is 13.6 Å². The molecule has 0 radical (unpaired) electrons. The molecule has 6 rings (SSSR count). The number of rotatable bonds is 7. The number of carbonyl (C=O) groups is 1. The Morgan fingerprint density at radius 3 is 2.42 bits per heavy atom. The van der Waals surface area contributed by atoms with E-state index in [1.165, 1.54) is 10.8 Å². The van der Waals surface area contributed by atoms with E-state index in [0.717, 1.165) is 10.9 Å². The van der Waals surface area contributed by atoms with Crippen LogP contribution in [-0.2, 0) is 6.61 Å². The van der Waals surface area contributed by atoms with E-state index in [0.29, 0.717) is 29.2 Å². The summed E-state index contributed by atoms with van der Waals surface area (Å²) < 4.78 is 18.4. The van der Waals surface area contributed by atoms with E-state index in [-0.39, 0.29) is 23.0 Å². The molecule has 3 aromatic carbocycles. The third-order valence-corrected chi connectivity index (χ3v) is 6.17. The number of nitrogens with zero attached hydrogens (tertiary/aromatic N) is 2. The first kappa shape index (κ1) is 23.2. The van der Waals surface area contributed by atoms with Crippen LogP contribution in [0.25, 0.3) is 28.2 Å². The number of benzene rings is 3. The summed E-state index contributed by atoms with van der Waals surface area (Å²) in [4.78, 5) is 18.0. The summed E-state index contributed by atoms with van der Waals surface area (Å²) in [5.41, 5.74) is 2.69. The zero-order chi connectivity index (χ0) is 26.2. The second-order valence-electron chi connectivity index (χ2n) is 8.78. The van der Waals surface area contributed by atoms with Crippen LogP contribution in [0, 0.1) is 6.92 Å². The number of furan rings is 1. The lowest BCUT2D eigenvalue weighted by molar-refractivity contribution is 0.101. The fourth-order valence-electron chi connectivity index (χ4n) is 4.33. The van der Waals surface area contributed by atoms with Gasteiger partial charge in [-0.05, 0) is 54.4 Å². The summed E-state index contributed by atoms with van der Waals surface area (Å²) in [6.07, 6.45) is 1.41. The number of hydrogen-bond acceptors (Lipinski definition) is 7. The second-order valence-corrected chi connectivity index (χ2v) is 8.78. The average molecular weight is 507 g/mol. The van der Waals surface area contributed by atoms with Gasteiger partial charge in [-0.25, -0.2) is 4.57 Å². The molecule has 0 saturated carbocycles. The first-order valence-electron chi connectivity index (χ1n) is 11.9. The number of para-hydroxylation sites is 1. The van der Waals surface area contributed by atoms with Gasteiger partial charge in [-0.1, -0.05) is 48.5 Å². The van der Waals surface area contributed by atoms with Gasteiger partial charge in [0.25, 0.3) is 0 Å². The van der Waals surface area contributed by atoms with Crippen LogP contribution in [0.15, 0.2) is 100 Å². The standard InChI is InChI=1S/C30H22N2O6/c1-18-16-37-30(31-18)32-26(20-11-13-22(14-12-20)36-17-19-7-3-2-4-8-19)25(28(34)29(32)35)27(33)24-15-21-9-5-6-10-23(21)38-24/h2-16,34-35H,17H2,1H3. The van der Waals surface area contributed by atoms with Crippen LogP contribution in [0.4, 0.5) is 0 Å². The van der Waals surface area contributed by atoms with Crippen molar-refractivity contribution in [3.05, 3.63) is 114 Å². The highest BCUT2D eigenvalue weighted by Gasteiger charge is 2.33. The molecule has 3 aromatic heterocycles. The molecular formula is C30H22N2O6. The largest absolute Gasteiger partial charge is 0.503 e. The first-order chi connectivity index (χ1) is 18.5. The lowest BCUT2D eigenvalue weighted by Crippen LogP contribution is -2.04. The Kier molecular flexibility index (Phi) is 5.69. The number of hydrogen-bond donors (Lipinski definition) is 2. The fraction of sp³-hybridized carbons (Fsp3) is 0.0667. The van der Waals surface area contributed by atoms with Crippen LogP contribution < -0.4 is 4.74 Å². The van der Waals surface area contributed by atoms with E-state index >= 15 is 0 Å². The quantitative estimate of drug-likeness (QED) is 0.241. The average Bonchev–Trinajstić information content (AvgIpc) is 3.64. The molecule has 8 heteroatoms. The maximum Gasteiger partial charge on any atom is 0.309 e. The summed E-state index contributed by atoms with van der Waals surface area (Å²) in [6, 6.07) is 25.6. The Morgan fingerprint density at radius 1 is 0.974 bits per heavy atom. The van der Waals surface area contributed by atoms with Gasteiger partial charge in [-0.15, -0.1) is 0 Å². The molecule has 0 saturated heterocycles. The van der Waals surface area contributed by atoms with Crippen molar-refractivity contribution < 1.29 is 28.6 Å². The molecule has 2 N–H and O–H groups in total. The number of aromatic nitrogens is 2. The Bertz CT molecular complexity index is 1730. The van der Waals surface area contributed by atoms with E-state index in [1.54, 1.807) is 49.4 Å². The predicted octanol–water partition coefficient (Wildman–Crippen LogP) is 6.41. The van der Waals surface area contributed by atoms with Gasteiger partial charge in [0.1, 0.15) is 24.2 Å². The van der Waals surface area contributed by atoms with Crippen LogP contribution in [-0.4, -0.2) is 25.5 Å². The van der Waals surface area contributed by atoms with E-state index in [2.05, 4.69) is 4.98 Å². The molecule has 0 aliphatic rings. The highest BCUT2D eigenvalue weighted by molar-refractivity contribution is 6.15. The Labute approximate surface area is 217 Å². The molecule has 0 unspecified atom stereocenters. The summed E-state index contributed by atoms with van der Waals surface area (Å²) in [5.74, 6) is -1.15. The minimum Gasteiger partial charge on any atom is -0.503 e. The molecule has 0 atom stereocenters. The van der Waals surface area contributed by atoms with Gasteiger partial charge < -0.3 is 23.8 Å². The smallest absolute Gasteiger partial charge is 0.309 e. The zero-order valence-corrected chi connectivity index (χ0v) is 20.3. The fourth-order valence-corrected chi connectivity index (χ4v) is 4.33. The Hall–Kier alpha value is -5.24. The van der Waals surface area contributed by atoms with Crippen molar-refractivity contribution >= 4 is 16.8 Å². The van der Waals surface area contributed by atoms with Gasteiger partial charge in [0.05, 0.1) is 17.0 Å². The summed E-state index contributed by atoms with van der Waals surface area (Å²) in [7, 11) is 0. The number of aryl methyl sites for hydroxylation is 1. The number of oxazole rings is 1. The van der Waals surface area contributed by atoms with Gasteiger partial charge in [-0.3, -0.25) is 4.79 Å². The molecule has 0 aliphatic heterocycles. The van der Waals surface area contributed by atoms with Crippen LogP contribution in [0.5, 0.6) is 17.4 Å². The molecule has 0 bridgehead atoms. The minimum atomic E-state index is -0.606. The highest BCUT2D eigenvalue weighted by Crippen LogP contribution is 2.44. The predicted molar refractivity (Wildman–Crippen MR) is 140 cm³/mol. The van der Waals surface area contributed by atoms with Crippen molar-refractivity contribution in [2.75, 3.05) is 0 Å². The third kappa shape index (κ3) is 4.08. The highest BCUT2D eigenvalue weighted by atomic mass is 16.5. The molecule has 38 heavy (non-hydrogen) atoms. The monoisotopic (exact) mass is 506 g/mol. The molecule has 0 spiro atoms. The lowest BCUT2D eigenvalue weighted by Gasteiger charge is -2.10. The van der Waals surface area contributed by atoms with Crippen LogP contribution in [0.3, 0.4) is 0 Å². The van der Waals surface area contributed by atoms with Gasteiger partial charge in [-0.2, -0.15) is 4.98 Å². The summed E-state index contributed by atoms with van der Waals surface area (Å²) in [5, 5.41) is 22.6. The van der Waals surface area contributed by atoms with Crippen molar-refractivity contribution in [1.29, 1.82) is 0 Å². The van der Waals surface area contributed by atoms with Crippen molar-refractivity contribution in [3.8, 4) is 34.7 Å². The molecule has 0 aliphatic carbocycles. The van der Waals surface area contributed by atoms with E-state index in [1.807, 2.05) is 42.5 Å². The number of ketones is 1. The molecule has 6 aromatic rings. The topological polar surface area (TPSA) is 111 Å².